The van der Waals surface area contributed by atoms with Crippen molar-refractivity contribution in [2.24, 2.45) is 11.7 Å². The molecule has 0 aromatic carbocycles. The Morgan fingerprint density at radius 2 is 2.37 bits per heavy atom. The fraction of sp³-hybridized carbons (Fsp3) is 0.692. The molecule has 1 aromatic heterocycles. The van der Waals surface area contributed by atoms with Crippen LogP contribution >= 0.6 is 43.2 Å². The van der Waals surface area contributed by atoms with Crippen LogP contribution < -0.4 is 5.73 Å². The molecule has 19 heavy (non-hydrogen) atoms. The van der Waals surface area contributed by atoms with Gasteiger partial charge >= 0.3 is 0 Å². The lowest BCUT2D eigenvalue weighted by Gasteiger charge is -2.31. The summed E-state index contributed by atoms with van der Waals surface area (Å²) >= 11 is 8.85. The normalized spacial score (nSPS) is 21.8. The number of thiophene rings is 1. The Hall–Kier alpha value is 0.540. The van der Waals surface area contributed by atoms with Crippen molar-refractivity contribution in [1.29, 1.82) is 0 Å². The molecule has 1 aliphatic heterocycles. The van der Waals surface area contributed by atoms with E-state index < -0.39 is 0 Å². The number of halogens is 2. The maximum Gasteiger partial charge on any atom is 0.0843 e. The highest BCUT2D eigenvalue weighted by molar-refractivity contribution is 9.13. The predicted octanol–water partition coefficient (Wildman–Crippen LogP) is 3.63. The van der Waals surface area contributed by atoms with Gasteiger partial charge in [0.05, 0.1) is 16.4 Å². The summed E-state index contributed by atoms with van der Waals surface area (Å²) in [6, 6.07) is 2.45. The van der Waals surface area contributed by atoms with Crippen LogP contribution in [0.1, 0.15) is 23.8 Å². The first-order valence-corrected chi connectivity index (χ1v) is 8.94. The minimum Gasteiger partial charge on any atom is -0.381 e. The minimum atomic E-state index is 0.287. The largest absolute Gasteiger partial charge is 0.381 e. The summed E-state index contributed by atoms with van der Waals surface area (Å²) in [6.45, 7) is 3.50. The third-order valence-corrected chi connectivity index (χ3v) is 6.91. The molecule has 1 fully saturated rings. The molecule has 0 bridgehead atoms. The second-order valence-electron chi connectivity index (χ2n) is 5.04. The van der Waals surface area contributed by atoms with E-state index in [4.69, 9.17) is 10.5 Å². The number of hydrogen-bond acceptors (Lipinski definition) is 4. The van der Waals surface area contributed by atoms with E-state index in [1.54, 1.807) is 11.3 Å². The van der Waals surface area contributed by atoms with Gasteiger partial charge in [0.25, 0.3) is 0 Å². The Morgan fingerprint density at radius 3 is 2.89 bits per heavy atom. The van der Waals surface area contributed by atoms with Crippen molar-refractivity contribution < 1.29 is 4.74 Å². The van der Waals surface area contributed by atoms with Gasteiger partial charge in [-0.25, -0.2) is 0 Å². The van der Waals surface area contributed by atoms with Crippen molar-refractivity contribution in [2.45, 2.75) is 18.9 Å². The van der Waals surface area contributed by atoms with Gasteiger partial charge in [-0.3, -0.25) is 4.90 Å². The van der Waals surface area contributed by atoms with E-state index >= 15 is 0 Å². The van der Waals surface area contributed by atoms with Crippen LogP contribution in [0.2, 0.25) is 0 Å². The first kappa shape index (κ1) is 15.9. The number of hydrogen-bond donors (Lipinski definition) is 1. The molecule has 0 spiro atoms. The summed E-state index contributed by atoms with van der Waals surface area (Å²) in [5, 5.41) is 0. The summed E-state index contributed by atoms with van der Waals surface area (Å²) in [5.41, 5.74) is 5.97. The van der Waals surface area contributed by atoms with Gasteiger partial charge in [0.15, 0.2) is 0 Å². The Labute approximate surface area is 135 Å². The van der Waals surface area contributed by atoms with Crippen LogP contribution in [-0.4, -0.2) is 38.3 Å². The van der Waals surface area contributed by atoms with Crippen LogP contribution in [0.25, 0.3) is 0 Å². The molecule has 2 rings (SSSR count). The molecule has 108 valence electrons. The molecule has 0 radical (unpaired) electrons. The topological polar surface area (TPSA) is 38.5 Å². The highest BCUT2D eigenvalue weighted by atomic mass is 79.9. The first-order chi connectivity index (χ1) is 9.11. The highest BCUT2D eigenvalue weighted by Crippen LogP contribution is 2.37. The van der Waals surface area contributed by atoms with E-state index in [0.29, 0.717) is 12.5 Å². The minimum absolute atomic E-state index is 0.287. The van der Waals surface area contributed by atoms with Crippen molar-refractivity contribution in [3.8, 4) is 0 Å². The fourth-order valence-electron chi connectivity index (χ4n) is 2.53. The maximum atomic E-state index is 5.97. The third kappa shape index (κ3) is 4.25. The van der Waals surface area contributed by atoms with E-state index in [2.05, 4.69) is 49.9 Å². The Kier molecular flexibility index (Phi) is 6.30. The van der Waals surface area contributed by atoms with Crippen molar-refractivity contribution in [3.63, 3.8) is 0 Å². The third-order valence-electron chi connectivity index (χ3n) is 3.55. The summed E-state index contributed by atoms with van der Waals surface area (Å²) in [6.07, 6.45) is 2.45. The molecule has 2 heterocycles. The van der Waals surface area contributed by atoms with Gasteiger partial charge in [-0.2, -0.15) is 0 Å². The van der Waals surface area contributed by atoms with Gasteiger partial charge in [0.1, 0.15) is 0 Å². The molecule has 1 saturated heterocycles. The molecule has 2 N–H and O–H groups in total. The molecule has 0 aliphatic carbocycles. The standard InChI is InChI=1S/C13H20Br2N2OS/c1-17(7-9-3-2-4-18-8-9)11(6-16)12-5-10(14)13(15)19-12/h5,9,11H,2-4,6-8,16H2,1H3. The van der Waals surface area contributed by atoms with Gasteiger partial charge < -0.3 is 10.5 Å². The molecule has 3 nitrogen and oxygen atoms in total. The lowest BCUT2D eigenvalue weighted by Crippen LogP contribution is -2.36. The van der Waals surface area contributed by atoms with Crippen LogP contribution in [0.4, 0.5) is 0 Å². The summed E-state index contributed by atoms with van der Waals surface area (Å²) in [4.78, 5) is 3.67. The van der Waals surface area contributed by atoms with Crippen molar-refractivity contribution in [1.82, 2.24) is 4.90 Å². The smallest absolute Gasteiger partial charge is 0.0843 e. The number of nitrogens with two attached hydrogens (primary N) is 1. The lowest BCUT2D eigenvalue weighted by molar-refractivity contribution is 0.0367. The van der Waals surface area contributed by atoms with Gasteiger partial charge in [0.2, 0.25) is 0 Å². The van der Waals surface area contributed by atoms with Crippen LogP contribution in [0.15, 0.2) is 14.3 Å². The zero-order valence-electron chi connectivity index (χ0n) is 11.1. The van der Waals surface area contributed by atoms with E-state index in [0.717, 1.165) is 28.0 Å². The molecule has 0 amide bonds. The van der Waals surface area contributed by atoms with E-state index in [-0.39, 0.29) is 6.04 Å². The molecular formula is C13H20Br2N2OS. The summed E-state index contributed by atoms with van der Waals surface area (Å²) in [7, 11) is 2.16. The van der Waals surface area contributed by atoms with E-state index in [1.165, 1.54) is 17.7 Å². The maximum absolute atomic E-state index is 5.97. The van der Waals surface area contributed by atoms with Gasteiger partial charge in [-0.1, -0.05) is 0 Å². The Bertz CT molecular complexity index is 388. The Balaban J connectivity index is 1.99. The van der Waals surface area contributed by atoms with E-state index in [1.807, 2.05) is 0 Å². The van der Waals surface area contributed by atoms with Crippen LogP contribution in [0.5, 0.6) is 0 Å². The van der Waals surface area contributed by atoms with Crippen molar-refractivity contribution >= 4 is 43.2 Å². The molecule has 2 unspecified atom stereocenters. The van der Waals surface area contributed by atoms with E-state index in [9.17, 15) is 0 Å². The van der Waals surface area contributed by atoms with Crippen LogP contribution in [0.3, 0.4) is 0 Å². The fourth-order valence-corrected chi connectivity index (χ4v) is 4.80. The monoisotopic (exact) mass is 410 g/mol. The number of ether oxygens (including phenoxy) is 1. The van der Waals surface area contributed by atoms with Gasteiger partial charge in [-0.15, -0.1) is 11.3 Å². The average Bonchev–Trinajstić information content (AvgIpc) is 2.71. The molecular weight excluding hydrogens is 392 g/mol. The average molecular weight is 412 g/mol. The zero-order chi connectivity index (χ0) is 13.8. The highest BCUT2D eigenvalue weighted by Gasteiger charge is 2.23. The molecule has 1 aromatic rings. The summed E-state index contributed by atoms with van der Waals surface area (Å²) < 4.78 is 7.80. The van der Waals surface area contributed by atoms with Crippen molar-refractivity contribution in [3.05, 3.63) is 19.2 Å². The van der Waals surface area contributed by atoms with Crippen molar-refractivity contribution in [2.75, 3.05) is 33.4 Å². The molecule has 2 atom stereocenters. The van der Waals surface area contributed by atoms with Gasteiger partial charge in [0, 0.05) is 29.0 Å². The van der Waals surface area contributed by atoms with Crippen LogP contribution in [-0.2, 0) is 4.74 Å². The predicted molar refractivity (Wildman–Crippen MR) is 87.7 cm³/mol. The quantitative estimate of drug-likeness (QED) is 0.803. The second-order valence-corrected chi connectivity index (χ2v) is 8.30. The summed E-state index contributed by atoms with van der Waals surface area (Å²) in [5.74, 6) is 0.639. The SMILES string of the molecule is CN(CC1CCCOC1)C(CN)c1cc(Br)c(Br)s1. The molecule has 0 saturated carbocycles. The number of nitrogens with zero attached hydrogens (tertiary/aromatic N) is 1. The number of rotatable bonds is 5. The van der Waals surface area contributed by atoms with Gasteiger partial charge in [-0.05, 0) is 63.7 Å². The zero-order valence-corrected chi connectivity index (χ0v) is 15.1. The Morgan fingerprint density at radius 1 is 1.58 bits per heavy atom. The number of likely N-dealkylation sites (N-methyl/N-ethyl adjacent to an activating group) is 1. The second kappa shape index (κ2) is 7.52. The molecule has 6 heteroatoms. The first-order valence-electron chi connectivity index (χ1n) is 6.54. The molecule has 1 aliphatic rings. The van der Waals surface area contributed by atoms with Crippen LogP contribution in [0, 0.1) is 5.92 Å². The lowest BCUT2D eigenvalue weighted by atomic mass is 10.0.